The molecule has 0 fully saturated rings. The molecule has 242 valence electrons. The van der Waals surface area contributed by atoms with Gasteiger partial charge >= 0.3 is 17.9 Å². The summed E-state index contributed by atoms with van der Waals surface area (Å²) >= 11 is 0. The van der Waals surface area contributed by atoms with Crippen LogP contribution in [0.3, 0.4) is 0 Å². The standard InChI is InChI=1S/C35H66O6/c1-4-6-8-10-12-14-16-18-20-22-24-26-28-34(37)40-31-33(30-39-32(3)36)41-35(38)29-27-25-23-21-19-17-15-13-11-9-7-5-2/h33H,4-31H2,1-3H3. The van der Waals surface area contributed by atoms with E-state index in [1.807, 2.05) is 0 Å². The molecular weight excluding hydrogens is 516 g/mol. The summed E-state index contributed by atoms with van der Waals surface area (Å²) < 4.78 is 15.8. The highest BCUT2D eigenvalue weighted by Gasteiger charge is 2.18. The largest absolute Gasteiger partial charge is 0.462 e. The fourth-order valence-corrected chi connectivity index (χ4v) is 5.05. The third kappa shape index (κ3) is 31.2. The first-order valence-electron chi connectivity index (χ1n) is 17.5. The summed E-state index contributed by atoms with van der Waals surface area (Å²) in [6.45, 7) is 5.64. The van der Waals surface area contributed by atoms with Crippen molar-refractivity contribution in [3.63, 3.8) is 0 Å². The van der Waals surface area contributed by atoms with Gasteiger partial charge in [0.2, 0.25) is 0 Å². The van der Waals surface area contributed by atoms with Gasteiger partial charge in [0.1, 0.15) is 13.2 Å². The number of esters is 3. The number of ether oxygens (including phenoxy) is 3. The Kier molecular flexibility index (Phi) is 30.1. The van der Waals surface area contributed by atoms with Gasteiger partial charge in [-0.1, -0.05) is 155 Å². The van der Waals surface area contributed by atoms with E-state index in [1.54, 1.807) is 0 Å². The number of hydrogen-bond acceptors (Lipinski definition) is 6. The van der Waals surface area contributed by atoms with E-state index in [2.05, 4.69) is 13.8 Å². The number of carbonyl (C=O) groups excluding carboxylic acids is 3. The van der Waals surface area contributed by atoms with Crippen molar-refractivity contribution >= 4 is 17.9 Å². The zero-order chi connectivity index (χ0) is 30.2. The molecule has 0 bridgehead atoms. The van der Waals surface area contributed by atoms with E-state index in [0.29, 0.717) is 12.8 Å². The summed E-state index contributed by atoms with van der Waals surface area (Å²) in [5.74, 6) is -1.07. The lowest BCUT2D eigenvalue weighted by atomic mass is 10.0. The Balaban J connectivity index is 3.87. The predicted octanol–water partition coefficient (Wildman–Crippen LogP) is 10.2. The van der Waals surface area contributed by atoms with E-state index in [-0.39, 0.29) is 25.2 Å². The molecule has 0 aromatic rings. The molecule has 0 aromatic heterocycles. The molecule has 0 aromatic carbocycles. The first-order chi connectivity index (χ1) is 20.0. The van der Waals surface area contributed by atoms with E-state index in [4.69, 9.17) is 14.2 Å². The van der Waals surface area contributed by atoms with Crippen LogP contribution in [0, 0.1) is 0 Å². The van der Waals surface area contributed by atoms with Gasteiger partial charge in [-0.05, 0) is 12.8 Å². The molecule has 0 aliphatic heterocycles. The lowest BCUT2D eigenvalue weighted by molar-refractivity contribution is -0.166. The van der Waals surface area contributed by atoms with E-state index >= 15 is 0 Å². The summed E-state index contributed by atoms with van der Waals surface area (Å²) in [6, 6.07) is 0. The van der Waals surface area contributed by atoms with Gasteiger partial charge < -0.3 is 14.2 Å². The highest BCUT2D eigenvalue weighted by molar-refractivity contribution is 5.70. The zero-order valence-electron chi connectivity index (χ0n) is 27.3. The molecule has 0 saturated heterocycles. The van der Waals surface area contributed by atoms with Crippen LogP contribution in [0.25, 0.3) is 0 Å². The van der Waals surface area contributed by atoms with Crippen LogP contribution in [0.1, 0.15) is 188 Å². The minimum Gasteiger partial charge on any atom is -0.462 e. The molecule has 0 amide bonds. The monoisotopic (exact) mass is 582 g/mol. The van der Waals surface area contributed by atoms with Crippen molar-refractivity contribution in [2.24, 2.45) is 0 Å². The zero-order valence-corrected chi connectivity index (χ0v) is 27.3. The Hall–Kier alpha value is -1.59. The molecule has 0 radical (unpaired) electrons. The van der Waals surface area contributed by atoms with Crippen molar-refractivity contribution in [3.8, 4) is 0 Å². The summed E-state index contributed by atoms with van der Waals surface area (Å²) in [7, 11) is 0. The van der Waals surface area contributed by atoms with Crippen molar-refractivity contribution in [2.75, 3.05) is 13.2 Å². The number of unbranched alkanes of at least 4 members (excludes halogenated alkanes) is 22. The fourth-order valence-electron chi connectivity index (χ4n) is 5.05. The molecule has 0 spiro atoms. The van der Waals surface area contributed by atoms with Gasteiger partial charge in [-0.2, -0.15) is 0 Å². The third-order valence-electron chi connectivity index (χ3n) is 7.67. The van der Waals surface area contributed by atoms with Gasteiger partial charge in [-0.25, -0.2) is 0 Å². The maximum atomic E-state index is 12.3. The Bertz CT molecular complexity index is 605. The van der Waals surface area contributed by atoms with Crippen LogP contribution in [0.15, 0.2) is 0 Å². The average molecular weight is 583 g/mol. The van der Waals surface area contributed by atoms with Crippen LogP contribution in [-0.2, 0) is 28.6 Å². The molecule has 0 aliphatic rings. The van der Waals surface area contributed by atoms with E-state index in [1.165, 1.54) is 122 Å². The number of carbonyl (C=O) groups is 3. The number of hydrogen-bond donors (Lipinski definition) is 0. The minimum absolute atomic E-state index is 0.0748. The summed E-state index contributed by atoms with van der Waals surface area (Å²) in [4.78, 5) is 35.7. The quantitative estimate of drug-likeness (QED) is 0.0459. The summed E-state index contributed by atoms with van der Waals surface area (Å²) in [6.07, 6.45) is 29.7. The molecular formula is C35H66O6. The Morgan fingerprint density at radius 1 is 0.439 bits per heavy atom. The fraction of sp³-hybridized carbons (Fsp3) is 0.914. The Morgan fingerprint density at radius 3 is 1.12 bits per heavy atom. The maximum Gasteiger partial charge on any atom is 0.306 e. The summed E-state index contributed by atoms with van der Waals surface area (Å²) in [5.41, 5.74) is 0. The second kappa shape index (κ2) is 31.3. The van der Waals surface area contributed by atoms with Gasteiger partial charge in [0.05, 0.1) is 0 Å². The molecule has 0 rings (SSSR count). The van der Waals surface area contributed by atoms with Crippen LogP contribution in [0.5, 0.6) is 0 Å². The van der Waals surface area contributed by atoms with Gasteiger partial charge in [-0.15, -0.1) is 0 Å². The first kappa shape index (κ1) is 39.4. The smallest absolute Gasteiger partial charge is 0.306 e. The van der Waals surface area contributed by atoms with E-state index < -0.39 is 12.1 Å². The Labute approximate surface area is 253 Å². The SMILES string of the molecule is CCCCCCCCCCCCCCC(=O)OCC(COC(C)=O)OC(=O)CCCCCCCCCCCCCC. The molecule has 0 heterocycles. The predicted molar refractivity (Wildman–Crippen MR) is 169 cm³/mol. The molecule has 6 nitrogen and oxygen atoms in total. The van der Waals surface area contributed by atoms with E-state index in [9.17, 15) is 14.4 Å². The van der Waals surface area contributed by atoms with Crippen molar-refractivity contribution in [3.05, 3.63) is 0 Å². The summed E-state index contributed by atoms with van der Waals surface area (Å²) in [5, 5.41) is 0. The lowest BCUT2D eigenvalue weighted by Gasteiger charge is -2.18. The molecule has 41 heavy (non-hydrogen) atoms. The van der Waals surface area contributed by atoms with E-state index in [0.717, 1.165) is 38.5 Å². The third-order valence-corrected chi connectivity index (χ3v) is 7.67. The molecule has 0 N–H and O–H groups in total. The van der Waals surface area contributed by atoms with Crippen LogP contribution >= 0.6 is 0 Å². The van der Waals surface area contributed by atoms with Gasteiger partial charge in [0, 0.05) is 19.8 Å². The van der Waals surface area contributed by atoms with Crippen LogP contribution in [-0.4, -0.2) is 37.2 Å². The highest BCUT2D eigenvalue weighted by atomic mass is 16.6. The van der Waals surface area contributed by atoms with Crippen molar-refractivity contribution in [2.45, 2.75) is 194 Å². The second-order valence-corrected chi connectivity index (χ2v) is 11.9. The van der Waals surface area contributed by atoms with Gasteiger partial charge in [0.15, 0.2) is 6.10 Å². The van der Waals surface area contributed by atoms with Gasteiger partial charge in [-0.3, -0.25) is 14.4 Å². The molecule has 6 heteroatoms. The van der Waals surface area contributed by atoms with Crippen LogP contribution in [0.2, 0.25) is 0 Å². The average Bonchev–Trinajstić information content (AvgIpc) is 2.95. The topological polar surface area (TPSA) is 78.9 Å². The first-order valence-corrected chi connectivity index (χ1v) is 17.5. The molecule has 0 aliphatic carbocycles. The van der Waals surface area contributed by atoms with Crippen LogP contribution < -0.4 is 0 Å². The minimum atomic E-state index is -0.755. The second-order valence-electron chi connectivity index (χ2n) is 11.9. The van der Waals surface area contributed by atoms with Crippen molar-refractivity contribution in [1.29, 1.82) is 0 Å². The molecule has 1 unspecified atom stereocenters. The maximum absolute atomic E-state index is 12.3. The highest BCUT2D eigenvalue weighted by Crippen LogP contribution is 2.14. The lowest BCUT2D eigenvalue weighted by Crippen LogP contribution is -2.30. The number of rotatable bonds is 31. The van der Waals surface area contributed by atoms with Crippen LogP contribution in [0.4, 0.5) is 0 Å². The molecule has 0 saturated carbocycles. The van der Waals surface area contributed by atoms with Gasteiger partial charge in [0.25, 0.3) is 0 Å². The van der Waals surface area contributed by atoms with Crippen molar-refractivity contribution in [1.82, 2.24) is 0 Å². The molecule has 1 atom stereocenters. The van der Waals surface area contributed by atoms with Crippen molar-refractivity contribution < 1.29 is 28.6 Å². The Morgan fingerprint density at radius 2 is 0.756 bits per heavy atom. The normalized spacial score (nSPS) is 11.8.